The van der Waals surface area contributed by atoms with Gasteiger partial charge in [0.25, 0.3) is 0 Å². The molecule has 0 spiro atoms. The Hall–Kier alpha value is -3.64. The van der Waals surface area contributed by atoms with Crippen molar-refractivity contribution in [2.75, 3.05) is 0 Å². The van der Waals surface area contributed by atoms with E-state index in [4.69, 9.17) is 0 Å². The average molecular weight is 581 g/mol. The summed E-state index contributed by atoms with van der Waals surface area (Å²) in [5.74, 6) is 0.183. The first-order chi connectivity index (χ1) is 20.6. The third-order valence-corrected chi connectivity index (χ3v) is 11.3. The first kappa shape index (κ1) is 31.8. The zero-order chi connectivity index (χ0) is 32.4. The lowest BCUT2D eigenvalue weighted by Crippen LogP contribution is -2.42. The quantitative estimate of drug-likeness (QED) is 0.225. The molecule has 0 saturated carbocycles. The highest BCUT2D eigenvalue weighted by Crippen LogP contribution is 2.61. The number of aryl methyl sites for hydroxylation is 7. The fourth-order valence-electron chi connectivity index (χ4n) is 8.48. The van der Waals surface area contributed by atoms with Gasteiger partial charge in [-0.05, 0) is 185 Å². The summed E-state index contributed by atoms with van der Waals surface area (Å²) in [4.78, 5) is 0. The molecule has 44 heavy (non-hydrogen) atoms. The lowest BCUT2D eigenvalue weighted by atomic mass is 9.52. The maximum Gasteiger partial charge on any atom is 0.0531 e. The number of hydrogen-bond acceptors (Lipinski definition) is 0. The highest BCUT2D eigenvalue weighted by Gasteiger charge is 2.51. The Kier molecular flexibility index (Phi) is 8.21. The zero-order valence-electron chi connectivity index (χ0n) is 29.8. The molecule has 4 aromatic carbocycles. The molecular weight excluding hydrogens is 528 g/mol. The van der Waals surface area contributed by atoms with Gasteiger partial charge in [0, 0.05) is 0 Å². The maximum atomic E-state index is 2.53. The standard InChI is InChI=1S/C44H52/c1-24-19-25(2)22-38(21-24)44(42-29(6)16-15-28(5)33(42)10)37(14)41(40-23-26(3)20-30(7)32(40)9)35(12)36(13)43(44)39-18-17-27(4)31(8)34(39)11/h15-23,37H,1-14H3. The SMILES string of the molecule is CC1=C(c2cc(C)cc(C)c2C)C(C)C(c2cc(C)cc(C)c2)(c2c(C)ccc(C)c2C)C(c2ccc(C)c(C)c2C)=C1C. The van der Waals surface area contributed by atoms with Crippen LogP contribution in [0.15, 0.2) is 65.7 Å². The van der Waals surface area contributed by atoms with E-state index in [1.165, 1.54) is 106 Å². The lowest BCUT2D eigenvalue weighted by Gasteiger charge is -2.50. The second-order valence-electron chi connectivity index (χ2n) is 14.1. The Morgan fingerprint density at radius 2 is 1.00 bits per heavy atom. The molecule has 4 aromatic rings. The van der Waals surface area contributed by atoms with Gasteiger partial charge in [-0.3, -0.25) is 0 Å². The van der Waals surface area contributed by atoms with E-state index in [0.717, 1.165) is 0 Å². The molecule has 0 radical (unpaired) electrons. The predicted molar refractivity (Wildman–Crippen MR) is 193 cm³/mol. The van der Waals surface area contributed by atoms with Gasteiger partial charge in [0.2, 0.25) is 0 Å². The molecule has 228 valence electrons. The van der Waals surface area contributed by atoms with Crippen molar-refractivity contribution in [3.8, 4) is 0 Å². The van der Waals surface area contributed by atoms with Crippen molar-refractivity contribution in [1.82, 2.24) is 0 Å². The second kappa shape index (κ2) is 11.4. The Labute approximate surface area is 268 Å². The summed E-state index contributed by atoms with van der Waals surface area (Å²) in [6.45, 7) is 32.6. The number of rotatable bonds is 4. The van der Waals surface area contributed by atoms with Crippen LogP contribution in [0.3, 0.4) is 0 Å². The molecule has 1 aliphatic carbocycles. The van der Waals surface area contributed by atoms with E-state index < -0.39 is 5.41 Å². The van der Waals surface area contributed by atoms with Gasteiger partial charge in [-0.15, -0.1) is 0 Å². The van der Waals surface area contributed by atoms with Crippen molar-refractivity contribution in [1.29, 1.82) is 0 Å². The minimum atomic E-state index is -0.396. The summed E-state index contributed by atoms with van der Waals surface area (Å²) >= 11 is 0. The molecule has 0 nitrogen and oxygen atoms in total. The molecule has 5 rings (SSSR count). The topological polar surface area (TPSA) is 0 Å². The van der Waals surface area contributed by atoms with Gasteiger partial charge in [0.15, 0.2) is 0 Å². The highest BCUT2D eigenvalue weighted by atomic mass is 14.5. The Morgan fingerprint density at radius 1 is 0.455 bits per heavy atom. The van der Waals surface area contributed by atoms with E-state index >= 15 is 0 Å². The first-order valence-electron chi connectivity index (χ1n) is 16.4. The summed E-state index contributed by atoms with van der Waals surface area (Å²) in [5.41, 5.74) is 26.0. The number of allylic oxidation sites excluding steroid dienone is 4. The van der Waals surface area contributed by atoms with Crippen LogP contribution in [-0.4, -0.2) is 0 Å². The molecule has 2 unspecified atom stereocenters. The highest BCUT2D eigenvalue weighted by molar-refractivity contribution is 5.95. The predicted octanol–water partition coefficient (Wildman–Crippen LogP) is 12.0. The van der Waals surface area contributed by atoms with Crippen molar-refractivity contribution >= 4 is 11.1 Å². The molecule has 0 N–H and O–H groups in total. The molecule has 0 saturated heterocycles. The average Bonchev–Trinajstić information content (AvgIpc) is 2.95. The third-order valence-electron chi connectivity index (χ3n) is 11.3. The van der Waals surface area contributed by atoms with Crippen LogP contribution in [0.1, 0.15) is 104 Å². The van der Waals surface area contributed by atoms with Gasteiger partial charge in [0.1, 0.15) is 0 Å². The van der Waals surface area contributed by atoms with E-state index in [0.29, 0.717) is 0 Å². The molecule has 0 heteroatoms. The minimum Gasteiger partial charge on any atom is -0.0588 e. The molecular formula is C44H52. The minimum absolute atomic E-state index is 0.183. The van der Waals surface area contributed by atoms with Crippen LogP contribution in [0.4, 0.5) is 0 Å². The lowest BCUT2D eigenvalue weighted by molar-refractivity contribution is 0.511. The first-order valence-corrected chi connectivity index (χ1v) is 16.4. The van der Waals surface area contributed by atoms with Gasteiger partial charge in [0.05, 0.1) is 5.41 Å². The second-order valence-corrected chi connectivity index (χ2v) is 14.1. The van der Waals surface area contributed by atoms with Gasteiger partial charge < -0.3 is 0 Å². The summed E-state index contributed by atoms with van der Waals surface area (Å²) in [6.07, 6.45) is 0. The summed E-state index contributed by atoms with van der Waals surface area (Å²) in [5, 5.41) is 0. The molecule has 0 fully saturated rings. The summed E-state index contributed by atoms with van der Waals surface area (Å²) in [7, 11) is 0. The van der Waals surface area contributed by atoms with Crippen molar-refractivity contribution < 1.29 is 0 Å². The zero-order valence-corrected chi connectivity index (χ0v) is 29.8. The van der Waals surface area contributed by atoms with Gasteiger partial charge >= 0.3 is 0 Å². The summed E-state index contributed by atoms with van der Waals surface area (Å²) in [6, 6.07) is 21.5. The van der Waals surface area contributed by atoms with Crippen LogP contribution >= 0.6 is 0 Å². The molecule has 0 heterocycles. The Bertz CT molecular complexity index is 1870. The van der Waals surface area contributed by atoms with E-state index in [1.54, 1.807) is 0 Å². The normalized spacial score (nSPS) is 18.8. The maximum absolute atomic E-state index is 2.53. The fraction of sp³-hybridized carbons (Fsp3) is 0.364. The summed E-state index contributed by atoms with van der Waals surface area (Å²) < 4.78 is 0. The van der Waals surface area contributed by atoms with Gasteiger partial charge in [-0.2, -0.15) is 0 Å². The van der Waals surface area contributed by atoms with E-state index in [1.807, 2.05) is 0 Å². The van der Waals surface area contributed by atoms with Gasteiger partial charge in [-0.25, -0.2) is 0 Å². The molecule has 0 aliphatic heterocycles. The van der Waals surface area contributed by atoms with E-state index in [9.17, 15) is 0 Å². The largest absolute Gasteiger partial charge is 0.0588 e. The van der Waals surface area contributed by atoms with Crippen molar-refractivity contribution in [3.63, 3.8) is 0 Å². The molecule has 0 aromatic heterocycles. The van der Waals surface area contributed by atoms with E-state index in [-0.39, 0.29) is 5.92 Å². The third kappa shape index (κ3) is 4.73. The van der Waals surface area contributed by atoms with Crippen LogP contribution in [0.5, 0.6) is 0 Å². The fourth-order valence-corrected chi connectivity index (χ4v) is 8.48. The number of benzene rings is 4. The van der Waals surface area contributed by atoms with Crippen molar-refractivity contribution in [2.24, 2.45) is 5.92 Å². The van der Waals surface area contributed by atoms with Crippen LogP contribution < -0.4 is 0 Å². The van der Waals surface area contributed by atoms with Crippen LogP contribution in [0.2, 0.25) is 0 Å². The van der Waals surface area contributed by atoms with E-state index in [2.05, 4.69) is 152 Å². The Balaban J connectivity index is 2.12. The van der Waals surface area contributed by atoms with Crippen molar-refractivity contribution in [2.45, 2.75) is 102 Å². The van der Waals surface area contributed by atoms with Crippen LogP contribution in [-0.2, 0) is 5.41 Å². The van der Waals surface area contributed by atoms with Crippen LogP contribution in [0.25, 0.3) is 11.1 Å². The monoisotopic (exact) mass is 580 g/mol. The molecule has 0 amide bonds. The molecule has 1 aliphatic rings. The smallest absolute Gasteiger partial charge is 0.0531 e. The van der Waals surface area contributed by atoms with Crippen molar-refractivity contribution in [3.05, 3.63) is 149 Å². The Morgan fingerprint density at radius 3 is 1.64 bits per heavy atom. The van der Waals surface area contributed by atoms with Crippen LogP contribution in [0, 0.1) is 82.1 Å². The number of hydrogen-bond donors (Lipinski definition) is 0. The molecule has 2 atom stereocenters. The van der Waals surface area contributed by atoms with Gasteiger partial charge in [-0.1, -0.05) is 78.2 Å². The molecule has 0 bridgehead atoms.